The highest BCUT2D eigenvalue weighted by Crippen LogP contribution is 2.43. The number of halogens is 1. The van der Waals surface area contributed by atoms with Gasteiger partial charge in [0.1, 0.15) is 5.60 Å². The number of amides is 1. The molecule has 6 nitrogen and oxygen atoms in total. The van der Waals surface area contributed by atoms with Crippen molar-refractivity contribution >= 4 is 17.7 Å². The van der Waals surface area contributed by atoms with Crippen LogP contribution in [-0.2, 0) is 24.1 Å². The number of aromatic nitrogens is 1. The van der Waals surface area contributed by atoms with Gasteiger partial charge in [0.15, 0.2) is 0 Å². The maximum atomic E-state index is 12.3. The lowest BCUT2D eigenvalue weighted by atomic mass is 9.73. The fraction of sp³-hybridized carbons (Fsp3) is 0.438. The van der Waals surface area contributed by atoms with E-state index < -0.39 is 5.60 Å². The lowest BCUT2D eigenvalue weighted by molar-refractivity contribution is -0.115. The van der Waals surface area contributed by atoms with E-state index in [0.717, 1.165) is 73.0 Å². The number of ether oxygens (including phenoxy) is 2. The molecule has 2 aliphatic heterocycles. The molecule has 1 aromatic heterocycles. The van der Waals surface area contributed by atoms with Crippen LogP contribution in [0, 0.1) is 5.41 Å². The van der Waals surface area contributed by atoms with Crippen molar-refractivity contribution in [3.63, 3.8) is 0 Å². The second-order valence-corrected chi connectivity index (χ2v) is 12.7. The number of hydrogen-bond acceptors (Lipinski definition) is 5. The van der Waals surface area contributed by atoms with Gasteiger partial charge >= 0.3 is 6.09 Å². The largest absolute Gasteiger partial charge is 0.481 e. The third-order valence-electron chi connectivity index (χ3n) is 8.06. The average molecular weight is 546 g/mol. The van der Waals surface area contributed by atoms with Crippen LogP contribution in [0.5, 0.6) is 5.88 Å². The Morgan fingerprint density at radius 2 is 1.69 bits per heavy atom. The molecule has 3 aliphatic rings. The first kappa shape index (κ1) is 26.1. The quantitative estimate of drug-likeness (QED) is 0.360. The highest BCUT2D eigenvalue weighted by Gasteiger charge is 2.53. The summed E-state index contributed by atoms with van der Waals surface area (Å²) in [6.07, 6.45) is 3.22. The molecule has 0 saturated carbocycles. The van der Waals surface area contributed by atoms with Crippen LogP contribution >= 0.6 is 11.6 Å². The molecule has 7 heteroatoms. The Labute approximate surface area is 235 Å². The number of methoxy groups -OCH3 is 1. The minimum atomic E-state index is -0.464. The fourth-order valence-electron chi connectivity index (χ4n) is 6.40. The van der Waals surface area contributed by atoms with E-state index >= 15 is 0 Å². The molecule has 1 amide bonds. The van der Waals surface area contributed by atoms with Crippen LogP contribution < -0.4 is 4.74 Å². The number of hydrogen-bond donors (Lipinski definition) is 0. The zero-order valence-electron chi connectivity index (χ0n) is 23.2. The Bertz CT molecular complexity index is 1420. The topological polar surface area (TPSA) is 54.9 Å². The highest BCUT2D eigenvalue weighted by molar-refractivity contribution is 6.36. The highest BCUT2D eigenvalue weighted by atomic mass is 35.5. The number of rotatable bonds is 5. The number of likely N-dealkylation sites (tertiary alicyclic amines) is 2. The van der Waals surface area contributed by atoms with Gasteiger partial charge in [0.2, 0.25) is 5.88 Å². The molecule has 2 saturated heterocycles. The molecule has 0 atom stereocenters. The summed E-state index contributed by atoms with van der Waals surface area (Å²) in [6.45, 7) is 9.87. The Hall–Kier alpha value is -3.09. The molecule has 39 heavy (non-hydrogen) atoms. The number of benzene rings is 2. The van der Waals surface area contributed by atoms with Crippen molar-refractivity contribution in [1.29, 1.82) is 0 Å². The number of nitrogens with zero attached hydrogens (tertiary/aromatic N) is 3. The van der Waals surface area contributed by atoms with Gasteiger partial charge in [0.05, 0.1) is 17.8 Å². The molecule has 0 radical (unpaired) electrons. The summed E-state index contributed by atoms with van der Waals surface area (Å²) in [7, 11) is 1.67. The van der Waals surface area contributed by atoms with Crippen molar-refractivity contribution in [1.82, 2.24) is 14.8 Å². The summed E-state index contributed by atoms with van der Waals surface area (Å²) in [5.41, 5.74) is 7.63. The minimum Gasteiger partial charge on any atom is -0.481 e. The average Bonchev–Trinajstić information content (AvgIpc) is 3.33. The Balaban J connectivity index is 1.15. The van der Waals surface area contributed by atoms with Gasteiger partial charge in [0, 0.05) is 54.8 Å². The van der Waals surface area contributed by atoms with Crippen LogP contribution in [0.4, 0.5) is 4.79 Å². The fourth-order valence-corrected chi connectivity index (χ4v) is 6.72. The van der Waals surface area contributed by atoms with Crippen molar-refractivity contribution in [2.24, 2.45) is 5.41 Å². The van der Waals surface area contributed by atoms with Crippen molar-refractivity contribution in [3.8, 4) is 28.3 Å². The van der Waals surface area contributed by atoms with E-state index in [4.69, 9.17) is 26.1 Å². The molecule has 0 bridgehead atoms. The van der Waals surface area contributed by atoms with E-state index in [-0.39, 0.29) is 11.5 Å². The molecule has 1 spiro atoms. The van der Waals surface area contributed by atoms with E-state index in [1.807, 2.05) is 32.9 Å². The summed E-state index contributed by atoms with van der Waals surface area (Å²) in [5, 5.41) is 0.726. The summed E-state index contributed by atoms with van der Waals surface area (Å²) in [6, 6.07) is 16.9. The normalized spacial score (nSPS) is 17.9. The Morgan fingerprint density at radius 3 is 2.44 bits per heavy atom. The van der Waals surface area contributed by atoms with E-state index in [0.29, 0.717) is 5.88 Å². The number of fused-ring (bicyclic) bond motifs is 1. The predicted molar refractivity (Wildman–Crippen MR) is 154 cm³/mol. The van der Waals surface area contributed by atoms with E-state index in [2.05, 4.69) is 41.3 Å². The first-order valence-electron chi connectivity index (χ1n) is 13.8. The van der Waals surface area contributed by atoms with Crippen LogP contribution in [0.3, 0.4) is 0 Å². The predicted octanol–water partition coefficient (Wildman–Crippen LogP) is 6.62. The molecule has 204 valence electrons. The SMILES string of the molecule is COc1nc(-c2cccc(-c3cccc4c3CCC4)c2Cl)ccc1CN1CC2(C1)CN(C(=O)OC(C)(C)C)C2. The molecular formula is C32H36ClN3O3. The first-order valence-corrected chi connectivity index (χ1v) is 14.2. The van der Waals surface area contributed by atoms with E-state index in [9.17, 15) is 4.79 Å². The Morgan fingerprint density at radius 1 is 0.974 bits per heavy atom. The van der Waals surface area contributed by atoms with Crippen LogP contribution in [-0.4, -0.2) is 59.8 Å². The zero-order chi connectivity index (χ0) is 27.4. The van der Waals surface area contributed by atoms with Crippen LogP contribution in [0.2, 0.25) is 5.02 Å². The molecule has 1 aliphatic carbocycles. The maximum Gasteiger partial charge on any atom is 0.410 e. The van der Waals surface area contributed by atoms with Gasteiger partial charge in [0.25, 0.3) is 0 Å². The summed E-state index contributed by atoms with van der Waals surface area (Å²) in [4.78, 5) is 21.4. The number of carbonyl (C=O) groups excluding carboxylic acids is 1. The van der Waals surface area contributed by atoms with Crippen LogP contribution in [0.1, 0.15) is 43.9 Å². The van der Waals surface area contributed by atoms with Crippen molar-refractivity contribution in [2.75, 3.05) is 33.3 Å². The molecule has 0 unspecified atom stereocenters. The summed E-state index contributed by atoms with van der Waals surface area (Å²) >= 11 is 7.03. The van der Waals surface area contributed by atoms with Gasteiger partial charge in [-0.3, -0.25) is 4.90 Å². The molecule has 3 aromatic rings. The molecule has 2 fully saturated rings. The third kappa shape index (κ3) is 5.01. The van der Waals surface area contributed by atoms with Gasteiger partial charge in [-0.1, -0.05) is 54.1 Å². The lowest BCUT2D eigenvalue weighted by Crippen LogP contribution is -2.72. The molecular weight excluding hydrogens is 510 g/mol. The summed E-state index contributed by atoms with van der Waals surface area (Å²) in [5.74, 6) is 0.625. The van der Waals surface area contributed by atoms with Gasteiger partial charge in [-0.05, 0) is 62.8 Å². The van der Waals surface area contributed by atoms with Crippen LogP contribution in [0.15, 0.2) is 48.5 Å². The molecule has 2 aromatic carbocycles. The number of pyridine rings is 1. The standard InChI is InChI=1S/C32H36ClN3O3/c1-31(2,3)39-30(37)36-19-32(20-36)17-35(18-32)16-22-14-15-27(34-29(22)38-4)26-13-7-12-25(28(26)33)24-11-6-9-21-8-5-10-23(21)24/h6-7,9,11-15H,5,8,10,16-20H2,1-4H3. The maximum absolute atomic E-state index is 12.3. The monoisotopic (exact) mass is 545 g/mol. The van der Waals surface area contributed by atoms with E-state index in [1.165, 1.54) is 23.1 Å². The van der Waals surface area contributed by atoms with Gasteiger partial charge < -0.3 is 14.4 Å². The molecule has 0 N–H and O–H groups in total. The van der Waals surface area contributed by atoms with Gasteiger partial charge in [-0.25, -0.2) is 9.78 Å². The summed E-state index contributed by atoms with van der Waals surface area (Å²) < 4.78 is 11.2. The van der Waals surface area contributed by atoms with Crippen LogP contribution in [0.25, 0.3) is 22.4 Å². The number of aryl methyl sites for hydroxylation is 1. The molecule has 6 rings (SSSR count). The van der Waals surface area contributed by atoms with Gasteiger partial charge in [-0.2, -0.15) is 0 Å². The Kier molecular flexibility index (Phi) is 6.59. The lowest BCUT2D eigenvalue weighted by Gasteiger charge is -2.60. The second kappa shape index (κ2) is 9.83. The molecule has 3 heterocycles. The first-order chi connectivity index (χ1) is 18.6. The minimum absolute atomic E-state index is 0.184. The van der Waals surface area contributed by atoms with Crippen molar-refractivity contribution < 1.29 is 14.3 Å². The number of carbonyl (C=O) groups is 1. The third-order valence-corrected chi connectivity index (χ3v) is 8.47. The van der Waals surface area contributed by atoms with Gasteiger partial charge in [-0.15, -0.1) is 0 Å². The van der Waals surface area contributed by atoms with Crippen molar-refractivity contribution in [3.05, 3.63) is 70.2 Å². The second-order valence-electron chi connectivity index (χ2n) is 12.3. The van der Waals surface area contributed by atoms with Crippen molar-refractivity contribution in [2.45, 2.75) is 52.2 Å². The smallest absolute Gasteiger partial charge is 0.410 e. The zero-order valence-corrected chi connectivity index (χ0v) is 24.0. The van der Waals surface area contributed by atoms with E-state index in [1.54, 1.807) is 12.0 Å².